The number of fused-ring (bicyclic) bond motifs is 1. The molecule has 1 aliphatic rings. The number of para-hydroxylation sites is 1. The van der Waals surface area contributed by atoms with E-state index >= 15 is 0 Å². The molecule has 120 valence electrons. The maximum Gasteiger partial charge on any atom is 0.305 e. The second-order valence-corrected chi connectivity index (χ2v) is 6.05. The first-order valence-electron chi connectivity index (χ1n) is 8.44. The Labute approximate surface area is 142 Å². The minimum atomic E-state index is -0.922. The van der Waals surface area contributed by atoms with Gasteiger partial charge in [-0.05, 0) is 18.1 Å². The lowest BCUT2D eigenvalue weighted by atomic mass is 9.97. The Balaban J connectivity index is 1.87. The SMILES string of the molecule is CCCc1cccc2c1OC(c1ccccc1)(c1ccccc1)O2. The molecular weight excluding hydrogens is 296 g/mol. The number of ether oxygens (including phenoxy) is 2. The lowest BCUT2D eigenvalue weighted by molar-refractivity contribution is -0.0462. The molecule has 0 saturated heterocycles. The number of rotatable bonds is 4. The molecular formula is C22H20O2. The smallest absolute Gasteiger partial charge is 0.305 e. The molecule has 0 atom stereocenters. The third kappa shape index (κ3) is 2.35. The molecule has 3 aromatic carbocycles. The monoisotopic (exact) mass is 316 g/mol. The molecule has 0 amide bonds. The number of hydrogen-bond donors (Lipinski definition) is 0. The minimum absolute atomic E-state index is 0.814. The lowest BCUT2D eigenvalue weighted by Crippen LogP contribution is -2.36. The first-order chi connectivity index (χ1) is 11.8. The van der Waals surface area contributed by atoms with Crippen molar-refractivity contribution in [2.45, 2.75) is 25.6 Å². The largest absolute Gasteiger partial charge is 0.440 e. The van der Waals surface area contributed by atoms with Crippen molar-refractivity contribution in [1.29, 1.82) is 0 Å². The van der Waals surface area contributed by atoms with Crippen molar-refractivity contribution in [2.75, 3.05) is 0 Å². The third-order valence-electron chi connectivity index (χ3n) is 4.39. The van der Waals surface area contributed by atoms with Crippen LogP contribution in [0, 0.1) is 0 Å². The highest BCUT2D eigenvalue weighted by molar-refractivity contribution is 5.53. The molecule has 0 N–H and O–H groups in total. The van der Waals surface area contributed by atoms with E-state index in [4.69, 9.17) is 9.47 Å². The molecule has 1 aliphatic heterocycles. The van der Waals surface area contributed by atoms with Crippen molar-refractivity contribution in [1.82, 2.24) is 0 Å². The van der Waals surface area contributed by atoms with Gasteiger partial charge in [-0.25, -0.2) is 0 Å². The van der Waals surface area contributed by atoms with Crippen molar-refractivity contribution in [3.63, 3.8) is 0 Å². The van der Waals surface area contributed by atoms with Crippen LogP contribution in [0.4, 0.5) is 0 Å². The van der Waals surface area contributed by atoms with Gasteiger partial charge in [0.2, 0.25) is 0 Å². The molecule has 24 heavy (non-hydrogen) atoms. The predicted molar refractivity (Wildman–Crippen MR) is 95.4 cm³/mol. The maximum absolute atomic E-state index is 6.53. The number of hydrogen-bond acceptors (Lipinski definition) is 2. The van der Waals surface area contributed by atoms with Crippen LogP contribution < -0.4 is 9.47 Å². The average Bonchev–Trinajstić information content (AvgIpc) is 3.05. The molecule has 0 fully saturated rings. The van der Waals surface area contributed by atoms with Crippen LogP contribution in [0.1, 0.15) is 30.0 Å². The highest BCUT2D eigenvalue weighted by atomic mass is 16.7. The topological polar surface area (TPSA) is 18.5 Å². The predicted octanol–water partition coefficient (Wildman–Crippen LogP) is 5.31. The summed E-state index contributed by atoms with van der Waals surface area (Å²) in [5, 5.41) is 0. The Bertz CT molecular complexity index is 786. The molecule has 0 saturated carbocycles. The van der Waals surface area contributed by atoms with Gasteiger partial charge in [0.25, 0.3) is 0 Å². The van der Waals surface area contributed by atoms with Gasteiger partial charge in [0.15, 0.2) is 11.5 Å². The summed E-state index contributed by atoms with van der Waals surface area (Å²) < 4.78 is 13.0. The van der Waals surface area contributed by atoms with E-state index in [1.807, 2.05) is 48.5 Å². The zero-order chi connectivity index (χ0) is 16.4. The summed E-state index contributed by atoms with van der Waals surface area (Å²) in [6, 6.07) is 26.4. The van der Waals surface area contributed by atoms with E-state index in [0.717, 1.165) is 35.5 Å². The molecule has 0 aromatic heterocycles. The molecule has 2 heteroatoms. The van der Waals surface area contributed by atoms with E-state index in [1.165, 1.54) is 5.56 Å². The summed E-state index contributed by atoms with van der Waals surface area (Å²) in [5.41, 5.74) is 3.19. The fraction of sp³-hybridized carbons (Fsp3) is 0.182. The Kier molecular flexibility index (Phi) is 3.73. The summed E-state index contributed by atoms with van der Waals surface area (Å²) in [6.07, 6.45) is 2.05. The fourth-order valence-electron chi connectivity index (χ4n) is 3.26. The van der Waals surface area contributed by atoms with Gasteiger partial charge in [-0.15, -0.1) is 0 Å². The molecule has 0 aliphatic carbocycles. The Hall–Kier alpha value is -2.74. The zero-order valence-corrected chi connectivity index (χ0v) is 13.7. The van der Waals surface area contributed by atoms with Gasteiger partial charge in [-0.1, -0.05) is 86.1 Å². The van der Waals surface area contributed by atoms with Crippen molar-refractivity contribution in [3.05, 3.63) is 95.6 Å². The summed E-state index contributed by atoms with van der Waals surface area (Å²) in [7, 11) is 0. The van der Waals surface area contributed by atoms with Crippen LogP contribution in [0.15, 0.2) is 78.9 Å². The summed E-state index contributed by atoms with van der Waals surface area (Å²) in [5.74, 6) is 0.759. The molecule has 2 nitrogen and oxygen atoms in total. The Morgan fingerprint density at radius 3 is 1.92 bits per heavy atom. The van der Waals surface area contributed by atoms with E-state index < -0.39 is 5.79 Å². The second-order valence-electron chi connectivity index (χ2n) is 6.05. The molecule has 0 spiro atoms. The van der Waals surface area contributed by atoms with Crippen molar-refractivity contribution >= 4 is 0 Å². The van der Waals surface area contributed by atoms with Gasteiger partial charge < -0.3 is 9.47 Å². The first-order valence-corrected chi connectivity index (χ1v) is 8.44. The van der Waals surface area contributed by atoms with Gasteiger partial charge in [0, 0.05) is 11.1 Å². The van der Waals surface area contributed by atoms with Gasteiger partial charge in [0.05, 0.1) is 0 Å². The lowest BCUT2D eigenvalue weighted by Gasteiger charge is -2.28. The van der Waals surface area contributed by atoms with E-state index in [9.17, 15) is 0 Å². The zero-order valence-electron chi connectivity index (χ0n) is 13.7. The second kappa shape index (κ2) is 6.04. The van der Waals surface area contributed by atoms with Crippen LogP contribution in [0.5, 0.6) is 11.5 Å². The molecule has 0 unspecified atom stereocenters. The molecule has 4 rings (SSSR count). The van der Waals surface area contributed by atoms with Crippen LogP contribution >= 0.6 is 0 Å². The van der Waals surface area contributed by atoms with E-state index in [1.54, 1.807) is 0 Å². The van der Waals surface area contributed by atoms with Gasteiger partial charge >= 0.3 is 5.79 Å². The molecule has 1 heterocycles. The summed E-state index contributed by atoms with van der Waals surface area (Å²) >= 11 is 0. The normalized spacial score (nSPS) is 14.5. The van der Waals surface area contributed by atoms with E-state index in [2.05, 4.69) is 37.3 Å². The molecule has 0 radical (unpaired) electrons. The third-order valence-corrected chi connectivity index (χ3v) is 4.39. The fourth-order valence-corrected chi connectivity index (χ4v) is 3.26. The maximum atomic E-state index is 6.53. The van der Waals surface area contributed by atoms with Crippen LogP contribution in [0.2, 0.25) is 0 Å². The summed E-state index contributed by atoms with van der Waals surface area (Å²) in [4.78, 5) is 0. The average molecular weight is 316 g/mol. The Morgan fingerprint density at radius 2 is 1.33 bits per heavy atom. The quantitative estimate of drug-likeness (QED) is 0.649. The van der Waals surface area contributed by atoms with Crippen LogP contribution in [0.3, 0.4) is 0 Å². The van der Waals surface area contributed by atoms with Gasteiger partial charge in [-0.2, -0.15) is 0 Å². The Morgan fingerprint density at radius 1 is 0.708 bits per heavy atom. The van der Waals surface area contributed by atoms with Crippen molar-refractivity contribution in [3.8, 4) is 11.5 Å². The van der Waals surface area contributed by atoms with Crippen LogP contribution in [0.25, 0.3) is 0 Å². The number of aryl methyl sites for hydroxylation is 1. The number of benzene rings is 3. The van der Waals surface area contributed by atoms with E-state index in [-0.39, 0.29) is 0 Å². The van der Waals surface area contributed by atoms with Crippen LogP contribution in [-0.4, -0.2) is 0 Å². The molecule has 3 aromatic rings. The first kappa shape index (κ1) is 14.8. The summed E-state index contributed by atoms with van der Waals surface area (Å²) in [6.45, 7) is 2.18. The van der Waals surface area contributed by atoms with Crippen molar-refractivity contribution in [2.24, 2.45) is 0 Å². The van der Waals surface area contributed by atoms with Crippen molar-refractivity contribution < 1.29 is 9.47 Å². The van der Waals surface area contributed by atoms with Crippen LogP contribution in [-0.2, 0) is 12.2 Å². The van der Waals surface area contributed by atoms with E-state index in [0.29, 0.717) is 0 Å². The molecule has 0 bridgehead atoms. The van der Waals surface area contributed by atoms with Gasteiger partial charge in [0.1, 0.15) is 0 Å². The van der Waals surface area contributed by atoms with Gasteiger partial charge in [-0.3, -0.25) is 0 Å². The highest BCUT2D eigenvalue weighted by Gasteiger charge is 2.45. The minimum Gasteiger partial charge on any atom is -0.440 e. The highest BCUT2D eigenvalue weighted by Crippen LogP contribution is 2.49. The standard InChI is InChI=1S/C22H20O2/c1-2-10-17-11-9-16-20-21(17)24-22(23-20,18-12-5-3-6-13-18)19-14-7-4-8-15-19/h3-9,11-16H,2,10H2,1H3.